The number of halogens is 4. The average Bonchev–Trinajstić information content (AvgIpc) is 3.52. The Bertz CT molecular complexity index is 1610. The molecule has 1 saturated carbocycles. The van der Waals surface area contributed by atoms with Gasteiger partial charge in [-0.25, -0.2) is 4.39 Å². The SMILES string of the molecule is Cc1cc(-c2nc(-c3ccc4c(c3)CCC4NC3CC(C(=O)O)C3)no2)ccc1-c1cccc(F)c1C(F)(F)F. The van der Waals surface area contributed by atoms with Crippen LogP contribution in [0, 0.1) is 18.7 Å². The molecule has 1 fully saturated rings. The number of benzene rings is 3. The molecule has 3 aromatic carbocycles. The van der Waals surface area contributed by atoms with Gasteiger partial charge in [0.05, 0.1) is 11.5 Å². The first kappa shape index (κ1) is 26.2. The van der Waals surface area contributed by atoms with E-state index < -0.39 is 23.5 Å². The van der Waals surface area contributed by atoms with Crippen molar-refractivity contribution in [1.82, 2.24) is 15.5 Å². The van der Waals surface area contributed by atoms with Gasteiger partial charge in [0, 0.05) is 23.2 Å². The van der Waals surface area contributed by atoms with Crippen LogP contribution < -0.4 is 5.32 Å². The second-order valence-corrected chi connectivity index (χ2v) is 10.5. The lowest BCUT2D eigenvalue weighted by atomic mass is 9.80. The van der Waals surface area contributed by atoms with Crippen molar-refractivity contribution in [2.75, 3.05) is 0 Å². The second-order valence-electron chi connectivity index (χ2n) is 10.5. The van der Waals surface area contributed by atoms with Crippen LogP contribution in [0.3, 0.4) is 0 Å². The maximum Gasteiger partial charge on any atom is 0.419 e. The highest BCUT2D eigenvalue weighted by Gasteiger charge is 2.38. The smallest absolute Gasteiger partial charge is 0.419 e. The van der Waals surface area contributed by atoms with Gasteiger partial charge < -0.3 is 14.9 Å². The highest BCUT2D eigenvalue weighted by Crippen LogP contribution is 2.41. The fourth-order valence-corrected chi connectivity index (χ4v) is 5.76. The number of hydrogen-bond acceptors (Lipinski definition) is 5. The second kappa shape index (κ2) is 9.85. The first-order valence-corrected chi connectivity index (χ1v) is 13.0. The molecule has 6 rings (SSSR count). The molecule has 2 aliphatic rings. The zero-order valence-corrected chi connectivity index (χ0v) is 21.4. The summed E-state index contributed by atoms with van der Waals surface area (Å²) in [5.41, 5.74) is 2.93. The Balaban J connectivity index is 1.21. The third-order valence-corrected chi connectivity index (χ3v) is 7.89. The third kappa shape index (κ3) is 4.77. The first-order chi connectivity index (χ1) is 19.1. The molecule has 0 bridgehead atoms. The largest absolute Gasteiger partial charge is 0.481 e. The molecular formula is C30H25F4N3O3. The van der Waals surface area contributed by atoms with E-state index in [-0.39, 0.29) is 35.0 Å². The Morgan fingerprint density at radius 2 is 1.82 bits per heavy atom. The fourth-order valence-electron chi connectivity index (χ4n) is 5.76. The van der Waals surface area contributed by atoms with Crippen LogP contribution in [0.5, 0.6) is 0 Å². The minimum absolute atomic E-state index is 0.182. The molecular weight excluding hydrogens is 526 g/mol. The maximum atomic E-state index is 14.1. The Morgan fingerprint density at radius 1 is 1.05 bits per heavy atom. The molecule has 6 nitrogen and oxygen atoms in total. The van der Waals surface area contributed by atoms with Gasteiger partial charge in [0.2, 0.25) is 5.82 Å². The summed E-state index contributed by atoms with van der Waals surface area (Å²) in [5.74, 6) is -1.70. The number of hydrogen-bond donors (Lipinski definition) is 2. The van der Waals surface area contributed by atoms with Crippen LogP contribution in [0.2, 0.25) is 0 Å². The predicted octanol–water partition coefficient (Wildman–Crippen LogP) is 6.98. The molecule has 1 unspecified atom stereocenters. The van der Waals surface area contributed by atoms with Crippen LogP contribution in [0.4, 0.5) is 17.6 Å². The number of nitrogens with zero attached hydrogens (tertiary/aromatic N) is 2. The maximum absolute atomic E-state index is 14.1. The molecule has 40 heavy (non-hydrogen) atoms. The van der Waals surface area contributed by atoms with Crippen molar-refractivity contribution in [2.45, 2.75) is 50.9 Å². The third-order valence-electron chi connectivity index (χ3n) is 7.89. The summed E-state index contributed by atoms with van der Waals surface area (Å²) in [6.07, 6.45) is -1.73. The van der Waals surface area contributed by atoms with Crippen LogP contribution in [0.1, 0.15) is 47.6 Å². The van der Waals surface area contributed by atoms with Crippen molar-refractivity contribution in [3.8, 4) is 34.0 Å². The summed E-state index contributed by atoms with van der Waals surface area (Å²) in [7, 11) is 0. The van der Waals surface area contributed by atoms with Crippen LogP contribution in [0.15, 0.2) is 59.1 Å². The van der Waals surface area contributed by atoms with Gasteiger partial charge in [0.15, 0.2) is 0 Å². The van der Waals surface area contributed by atoms with Crippen molar-refractivity contribution in [3.05, 3.63) is 82.7 Å². The number of carboxylic acid groups (broad SMARTS) is 1. The van der Waals surface area contributed by atoms with Gasteiger partial charge in [0.25, 0.3) is 5.89 Å². The van der Waals surface area contributed by atoms with E-state index in [1.165, 1.54) is 29.3 Å². The summed E-state index contributed by atoms with van der Waals surface area (Å²) < 4.78 is 60.3. The molecule has 206 valence electrons. The Kier molecular flexibility index (Phi) is 6.45. The lowest BCUT2D eigenvalue weighted by molar-refractivity contribution is -0.145. The van der Waals surface area contributed by atoms with E-state index in [1.807, 2.05) is 18.2 Å². The van der Waals surface area contributed by atoms with Crippen LogP contribution in [-0.4, -0.2) is 27.3 Å². The number of alkyl halides is 3. The summed E-state index contributed by atoms with van der Waals surface area (Å²) in [4.78, 5) is 15.6. The molecule has 10 heteroatoms. The number of fused-ring (bicyclic) bond motifs is 1. The number of aromatic nitrogens is 2. The first-order valence-electron chi connectivity index (χ1n) is 13.0. The van der Waals surface area contributed by atoms with Crippen molar-refractivity contribution in [2.24, 2.45) is 5.92 Å². The van der Waals surface area contributed by atoms with E-state index in [2.05, 4.69) is 15.5 Å². The van der Waals surface area contributed by atoms with Gasteiger partial charge in [-0.2, -0.15) is 18.2 Å². The van der Waals surface area contributed by atoms with Gasteiger partial charge in [-0.3, -0.25) is 4.79 Å². The molecule has 2 N–H and O–H groups in total. The number of carboxylic acids is 1. The molecule has 1 heterocycles. The van der Waals surface area contributed by atoms with Gasteiger partial charge in [-0.05, 0) is 84.7 Å². The molecule has 0 radical (unpaired) electrons. The lowest BCUT2D eigenvalue weighted by Gasteiger charge is -2.35. The quantitative estimate of drug-likeness (QED) is 0.252. The predicted molar refractivity (Wildman–Crippen MR) is 139 cm³/mol. The summed E-state index contributed by atoms with van der Waals surface area (Å²) in [5, 5.41) is 16.8. The normalized spacial score (nSPS) is 20.3. The molecule has 1 aromatic heterocycles. The minimum Gasteiger partial charge on any atom is -0.481 e. The standard InChI is InChI=1S/C30H25F4N3O3/c1-15-11-18(6-8-21(15)23-3-2-4-24(31)26(23)30(32,33)34)28-36-27(37-40-28)17-5-9-22-16(12-17)7-10-25(22)35-20-13-19(14-20)29(38)39/h2-6,8-9,11-12,19-20,25,35H,7,10,13-14H2,1H3,(H,38,39). The molecule has 2 aliphatic carbocycles. The summed E-state index contributed by atoms with van der Waals surface area (Å²) in [6.45, 7) is 1.65. The molecule has 4 aromatic rings. The Morgan fingerprint density at radius 3 is 2.55 bits per heavy atom. The van der Waals surface area contributed by atoms with E-state index in [0.717, 1.165) is 24.5 Å². The Hall–Kier alpha value is -4.05. The zero-order chi connectivity index (χ0) is 28.2. The van der Waals surface area contributed by atoms with Crippen LogP contribution in [0.25, 0.3) is 34.0 Å². The van der Waals surface area contributed by atoms with Crippen molar-refractivity contribution in [1.29, 1.82) is 0 Å². The topological polar surface area (TPSA) is 88.2 Å². The van der Waals surface area contributed by atoms with E-state index in [0.29, 0.717) is 29.8 Å². The fraction of sp³-hybridized carbons (Fsp3) is 0.300. The number of carbonyl (C=O) groups is 1. The van der Waals surface area contributed by atoms with Gasteiger partial charge in [0.1, 0.15) is 5.82 Å². The monoisotopic (exact) mass is 551 g/mol. The number of rotatable bonds is 6. The minimum atomic E-state index is -4.83. The Labute approximate surface area is 227 Å². The van der Waals surface area contributed by atoms with E-state index in [1.54, 1.807) is 19.1 Å². The average molecular weight is 552 g/mol. The molecule has 0 amide bonds. The molecule has 0 spiro atoms. The van der Waals surface area contributed by atoms with Gasteiger partial charge >= 0.3 is 12.1 Å². The van der Waals surface area contributed by atoms with E-state index in [9.17, 15) is 22.4 Å². The highest BCUT2D eigenvalue weighted by atomic mass is 19.4. The van der Waals surface area contributed by atoms with Crippen molar-refractivity contribution >= 4 is 5.97 Å². The number of nitrogens with one attached hydrogen (secondary N) is 1. The molecule has 0 aliphatic heterocycles. The number of aryl methyl sites for hydroxylation is 2. The van der Waals surface area contributed by atoms with Crippen molar-refractivity contribution in [3.63, 3.8) is 0 Å². The van der Waals surface area contributed by atoms with Crippen LogP contribution >= 0.6 is 0 Å². The van der Waals surface area contributed by atoms with Crippen molar-refractivity contribution < 1.29 is 32.0 Å². The van der Waals surface area contributed by atoms with E-state index >= 15 is 0 Å². The van der Waals surface area contributed by atoms with Crippen LogP contribution in [-0.2, 0) is 17.4 Å². The zero-order valence-electron chi connectivity index (χ0n) is 21.4. The highest BCUT2D eigenvalue weighted by molar-refractivity contribution is 5.75. The van der Waals surface area contributed by atoms with E-state index in [4.69, 9.17) is 9.63 Å². The lowest BCUT2D eigenvalue weighted by Crippen LogP contribution is -2.45. The molecule has 0 saturated heterocycles. The number of aliphatic carboxylic acids is 1. The van der Waals surface area contributed by atoms with Gasteiger partial charge in [-0.15, -0.1) is 0 Å². The van der Waals surface area contributed by atoms with Gasteiger partial charge in [-0.1, -0.05) is 35.5 Å². The summed E-state index contributed by atoms with van der Waals surface area (Å²) in [6, 6.07) is 14.4. The molecule has 1 atom stereocenters. The summed E-state index contributed by atoms with van der Waals surface area (Å²) >= 11 is 0.